The van der Waals surface area contributed by atoms with E-state index < -0.39 is 0 Å². The highest BCUT2D eigenvalue weighted by atomic mass is 35.5. The van der Waals surface area contributed by atoms with Gasteiger partial charge in [-0.15, -0.1) is 0 Å². The van der Waals surface area contributed by atoms with E-state index in [1.807, 2.05) is 7.05 Å². The van der Waals surface area contributed by atoms with Crippen LogP contribution < -0.4 is 10.2 Å². The number of quaternary nitrogens is 1. The summed E-state index contributed by atoms with van der Waals surface area (Å²) in [6.45, 7) is 3.23. The van der Waals surface area contributed by atoms with Gasteiger partial charge in [0.15, 0.2) is 13.1 Å². The Kier molecular flexibility index (Phi) is 7.30. The number of likely N-dealkylation sites (N-methyl/N-ethyl adjacent to an activating group) is 1. The smallest absolute Gasteiger partial charge is 0.277 e. The fraction of sp³-hybridized carbons (Fsp3) is 0.500. The quantitative estimate of drug-likeness (QED) is 0.735. The summed E-state index contributed by atoms with van der Waals surface area (Å²) in [4.78, 5) is 26.8. The van der Waals surface area contributed by atoms with Crippen molar-refractivity contribution in [2.45, 2.75) is 6.54 Å². The zero-order chi connectivity index (χ0) is 17.5. The predicted octanol–water partition coefficient (Wildman–Crippen LogP) is -0.0169. The second-order valence-electron chi connectivity index (χ2n) is 5.82. The van der Waals surface area contributed by atoms with Crippen LogP contribution in [0.4, 0.5) is 0 Å². The summed E-state index contributed by atoms with van der Waals surface area (Å²) in [5.41, 5.74) is 0.802. The summed E-state index contributed by atoms with van der Waals surface area (Å²) in [5.74, 6) is -0.0855. The molecule has 0 aliphatic carbocycles. The molecule has 6 nitrogen and oxygen atoms in total. The number of morpholine rings is 1. The third-order valence-corrected chi connectivity index (χ3v) is 4.36. The number of carbonyl (C=O) groups excluding carboxylic acids is 2. The number of hydrogen-bond acceptors (Lipinski definition) is 3. The number of rotatable bonds is 6. The molecule has 132 valence electrons. The highest BCUT2D eigenvalue weighted by Crippen LogP contribution is 2.20. The van der Waals surface area contributed by atoms with Crippen LogP contribution in [-0.4, -0.2) is 63.2 Å². The number of halogens is 2. The fourth-order valence-electron chi connectivity index (χ4n) is 2.44. The van der Waals surface area contributed by atoms with Gasteiger partial charge in [0.1, 0.15) is 0 Å². The van der Waals surface area contributed by atoms with Crippen LogP contribution in [0, 0.1) is 0 Å². The van der Waals surface area contributed by atoms with Crippen LogP contribution in [0.25, 0.3) is 0 Å². The zero-order valence-electron chi connectivity index (χ0n) is 13.6. The molecule has 8 heteroatoms. The number of benzene rings is 1. The average Bonchev–Trinajstić information content (AvgIpc) is 2.54. The first-order valence-electron chi connectivity index (χ1n) is 7.83. The van der Waals surface area contributed by atoms with Crippen LogP contribution in [0.15, 0.2) is 18.2 Å². The lowest BCUT2D eigenvalue weighted by molar-refractivity contribution is -0.863. The van der Waals surface area contributed by atoms with E-state index in [4.69, 9.17) is 27.9 Å². The molecule has 0 radical (unpaired) electrons. The highest BCUT2D eigenvalue weighted by Gasteiger charge is 2.21. The van der Waals surface area contributed by atoms with Crippen LogP contribution in [0.3, 0.4) is 0 Å². The van der Waals surface area contributed by atoms with Crippen molar-refractivity contribution in [1.29, 1.82) is 0 Å². The third-order valence-electron chi connectivity index (χ3n) is 3.77. The number of hydrogen-bond donors (Lipinski definition) is 2. The van der Waals surface area contributed by atoms with Gasteiger partial charge in [0, 0.05) is 29.7 Å². The summed E-state index contributed by atoms with van der Waals surface area (Å²) in [7, 11) is 1.83. The van der Waals surface area contributed by atoms with E-state index in [2.05, 4.69) is 5.32 Å². The Balaban J connectivity index is 1.73. The van der Waals surface area contributed by atoms with Gasteiger partial charge in [-0.2, -0.15) is 0 Å². The van der Waals surface area contributed by atoms with Gasteiger partial charge in [-0.1, -0.05) is 29.3 Å². The van der Waals surface area contributed by atoms with Gasteiger partial charge in [0.25, 0.3) is 11.8 Å². The zero-order valence-corrected chi connectivity index (χ0v) is 15.1. The molecule has 1 unspecified atom stereocenters. The Labute approximate surface area is 151 Å². The van der Waals surface area contributed by atoms with Crippen LogP contribution in [-0.2, 0) is 20.9 Å². The Hall–Kier alpha value is -1.34. The highest BCUT2D eigenvalue weighted by molar-refractivity contribution is 6.35. The van der Waals surface area contributed by atoms with E-state index in [-0.39, 0.29) is 24.9 Å². The number of carbonyl (C=O) groups is 2. The van der Waals surface area contributed by atoms with E-state index in [0.29, 0.717) is 42.9 Å². The summed E-state index contributed by atoms with van der Waals surface area (Å²) in [6.07, 6.45) is 0. The van der Waals surface area contributed by atoms with Gasteiger partial charge in [-0.3, -0.25) is 9.59 Å². The Morgan fingerprint density at radius 1 is 1.25 bits per heavy atom. The third kappa shape index (κ3) is 5.94. The Morgan fingerprint density at radius 3 is 2.62 bits per heavy atom. The fourth-order valence-corrected chi connectivity index (χ4v) is 2.92. The lowest BCUT2D eigenvalue weighted by Crippen LogP contribution is -3.11. The van der Waals surface area contributed by atoms with E-state index in [1.54, 1.807) is 23.1 Å². The first kappa shape index (κ1) is 19.0. The summed E-state index contributed by atoms with van der Waals surface area (Å²) in [5, 5.41) is 3.89. The molecule has 0 aromatic heterocycles. The normalized spacial score (nSPS) is 15.9. The minimum atomic E-state index is -0.131. The molecular formula is C16H22Cl2N3O3+. The van der Waals surface area contributed by atoms with Crippen LogP contribution in [0.5, 0.6) is 0 Å². The van der Waals surface area contributed by atoms with Gasteiger partial charge in [-0.25, -0.2) is 0 Å². The van der Waals surface area contributed by atoms with E-state index in [9.17, 15) is 9.59 Å². The number of nitrogens with zero attached hydrogens (tertiary/aromatic N) is 1. The molecule has 2 rings (SSSR count). The van der Waals surface area contributed by atoms with Crippen molar-refractivity contribution in [2.24, 2.45) is 0 Å². The molecule has 1 aliphatic rings. The van der Waals surface area contributed by atoms with Crippen molar-refractivity contribution < 1.29 is 19.2 Å². The predicted molar refractivity (Wildman–Crippen MR) is 92.3 cm³/mol. The van der Waals surface area contributed by atoms with E-state index in [1.165, 1.54) is 0 Å². The van der Waals surface area contributed by atoms with Crippen LogP contribution in [0.2, 0.25) is 10.0 Å². The monoisotopic (exact) mass is 374 g/mol. The van der Waals surface area contributed by atoms with E-state index in [0.717, 1.165) is 10.5 Å². The second kappa shape index (κ2) is 9.22. The molecule has 2 amide bonds. The molecule has 0 saturated carbocycles. The largest absolute Gasteiger partial charge is 0.378 e. The summed E-state index contributed by atoms with van der Waals surface area (Å²) in [6, 6.07) is 5.15. The summed E-state index contributed by atoms with van der Waals surface area (Å²) >= 11 is 11.9. The maximum Gasteiger partial charge on any atom is 0.277 e. The van der Waals surface area contributed by atoms with Gasteiger partial charge < -0.3 is 19.9 Å². The van der Waals surface area contributed by atoms with Crippen molar-refractivity contribution in [3.05, 3.63) is 33.8 Å². The molecule has 1 saturated heterocycles. The van der Waals surface area contributed by atoms with Gasteiger partial charge in [-0.05, 0) is 17.7 Å². The van der Waals surface area contributed by atoms with Crippen molar-refractivity contribution in [3.8, 4) is 0 Å². The second-order valence-corrected chi connectivity index (χ2v) is 6.66. The SMILES string of the molecule is C[NH+](CC(=O)NCc1ccc(Cl)cc1Cl)CC(=O)N1CCOCC1. The molecule has 1 aromatic carbocycles. The van der Waals surface area contributed by atoms with Gasteiger partial charge in [0.05, 0.1) is 20.3 Å². The average molecular weight is 375 g/mol. The number of ether oxygens (including phenoxy) is 1. The standard InChI is InChI=1S/C16H21Cl2N3O3/c1-20(11-16(23)21-4-6-24-7-5-21)10-15(22)19-9-12-2-3-13(17)8-14(12)18/h2-3,8H,4-7,9-11H2,1H3,(H,19,22)/p+1. The van der Waals surface area contributed by atoms with Crippen molar-refractivity contribution in [2.75, 3.05) is 46.4 Å². The molecule has 2 N–H and O–H groups in total. The maximum atomic E-state index is 12.1. The maximum absolute atomic E-state index is 12.1. The van der Waals surface area contributed by atoms with Gasteiger partial charge in [0.2, 0.25) is 0 Å². The molecular weight excluding hydrogens is 353 g/mol. The van der Waals surface area contributed by atoms with Gasteiger partial charge >= 0.3 is 0 Å². The van der Waals surface area contributed by atoms with Crippen molar-refractivity contribution >= 4 is 35.0 Å². The number of amides is 2. The first-order valence-corrected chi connectivity index (χ1v) is 8.58. The molecule has 1 heterocycles. The van der Waals surface area contributed by atoms with Crippen molar-refractivity contribution in [1.82, 2.24) is 10.2 Å². The molecule has 24 heavy (non-hydrogen) atoms. The van der Waals surface area contributed by atoms with E-state index >= 15 is 0 Å². The topological polar surface area (TPSA) is 63.1 Å². The minimum Gasteiger partial charge on any atom is -0.378 e. The molecule has 1 atom stereocenters. The lowest BCUT2D eigenvalue weighted by atomic mass is 10.2. The van der Waals surface area contributed by atoms with Crippen LogP contribution in [0.1, 0.15) is 5.56 Å². The molecule has 0 spiro atoms. The molecule has 0 bridgehead atoms. The van der Waals surface area contributed by atoms with Crippen molar-refractivity contribution in [3.63, 3.8) is 0 Å². The Morgan fingerprint density at radius 2 is 1.96 bits per heavy atom. The molecule has 1 aromatic rings. The number of nitrogens with one attached hydrogen (secondary N) is 2. The summed E-state index contributed by atoms with van der Waals surface area (Å²) < 4.78 is 5.23. The molecule has 1 fully saturated rings. The Bertz CT molecular complexity index is 592. The first-order chi connectivity index (χ1) is 11.5. The molecule has 1 aliphatic heterocycles. The lowest BCUT2D eigenvalue weighted by Gasteiger charge is -2.27. The van der Waals surface area contributed by atoms with Crippen LogP contribution >= 0.6 is 23.2 Å². The minimum absolute atomic E-state index is 0.0457.